The van der Waals surface area contributed by atoms with Crippen LogP contribution in [0.1, 0.15) is 25.8 Å². The third-order valence-electron chi connectivity index (χ3n) is 5.37. The zero-order valence-corrected chi connectivity index (χ0v) is 19.2. The zero-order chi connectivity index (χ0) is 22.9. The highest BCUT2D eigenvalue weighted by molar-refractivity contribution is 7.90. The number of anilines is 1. The maximum atomic E-state index is 12.3. The highest BCUT2D eigenvalue weighted by Gasteiger charge is 2.30. The molecule has 3 rings (SSSR count). The van der Waals surface area contributed by atoms with E-state index in [1.54, 1.807) is 31.1 Å². The van der Waals surface area contributed by atoms with E-state index in [9.17, 15) is 18.0 Å². The summed E-state index contributed by atoms with van der Waals surface area (Å²) in [5.74, 6) is 0.231. The van der Waals surface area contributed by atoms with E-state index in [1.165, 1.54) is 24.1 Å². The maximum absolute atomic E-state index is 12.3. The number of fused-ring (bicyclic) bond motifs is 1. The van der Waals surface area contributed by atoms with Gasteiger partial charge >= 0.3 is 0 Å². The molecule has 166 valence electrons. The number of amides is 2. The molecule has 0 radical (unpaired) electrons. The molecule has 1 aromatic heterocycles. The van der Waals surface area contributed by atoms with E-state index in [2.05, 4.69) is 4.98 Å². The Labute approximate surface area is 182 Å². The van der Waals surface area contributed by atoms with Gasteiger partial charge in [0, 0.05) is 50.6 Å². The summed E-state index contributed by atoms with van der Waals surface area (Å²) in [4.78, 5) is 32.1. The molecule has 0 N–H and O–H groups in total. The van der Waals surface area contributed by atoms with Gasteiger partial charge in [-0.2, -0.15) is 0 Å². The van der Waals surface area contributed by atoms with Gasteiger partial charge in [-0.25, -0.2) is 8.42 Å². The third kappa shape index (κ3) is 4.71. The van der Waals surface area contributed by atoms with Crippen LogP contribution in [0.25, 0.3) is 11.3 Å². The van der Waals surface area contributed by atoms with Crippen LogP contribution in [0.15, 0.2) is 35.4 Å². The number of ether oxygens (including phenoxy) is 1. The lowest BCUT2D eigenvalue weighted by Crippen LogP contribution is -2.41. The Balaban J connectivity index is 2.12. The zero-order valence-electron chi connectivity index (χ0n) is 18.4. The van der Waals surface area contributed by atoms with Gasteiger partial charge in [0.25, 0.3) is 5.91 Å². The van der Waals surface area contributed by atoms with Crippen molar-refractivity contribution < 1.29 is 22.7 Å². The molecule has 2 heterocycles. The molecule has 1 aliphatic rings. The van der Waals surface area contributed by atoms with Crippen molar-refractivity contribution in [1.29, 1.82) is 0 Å². The fourth-order valence-electron chi connectivity index (χ4n) is 3.67. The number of likely N-dealkylation sites (N-methyl/N-ethyl adjacent to an activating group) is 1. The van der Waals surface area contributed by atoms with Crippen LogP contribution in [0, 0.1) is 0 Å². The average molecular weight is 446 g/mol. The number of benzene rings is 1. The normalized spacial score (nSPS) is 15.9. The highest BCUT2D eigenvalue weighted by atomic mass is 32.2. The number of carbonyl (C=O) groups is 2. The molecular formula is C22H27N3O5S. The number of pyridine rings is 1. The van der Waals surface area contributed by atoms with Crippen LogP contribution >= 0.6 is 0 Å². The van der Waals surface area contributed by atoms with E-state index in [4.69, 9.17) is 4.74 Å². The molecule has 1 unspecified atom stereocenters. The highest BCUT2D eigenvalue weighted by Crippen LogP contribution is 2.42. The summed E-state index contributed by atoms with van der Waals surface area (Å²) in [6, 6.07) is 6.82. The van der Waals surface area contributed by atoms with Crippen molar-refractivity contribution >= 4 is 27.3 Å². The predicted octanol–water partition coefficient (Wildman–Crippen LogP) is 2.31. The number of hydrogen-bond acceptors (Lipinski definition) is 6. The molecule has 1 aliphatic heterocycles. The molecule has 2 aromatic rings. The van der Waals surface area contributed by atoms with Crippen molar-refractivity contribution in [2.24, 2.45) is 0 Å². The van der Waals surface area contributed by atoms with Crippen molar-refractivity contribution in [3.63, 3.8) is 0 Å². The van der Waals surface area contributed by atoms with Crippen LogP contribution in [0.4, 0.5) is 5.69 Å². The van der Waals surface area contributed by atoms with Gasteiger partial charge < -0.3 is 14.5 Å². The molecule has 8 nitrogen and oxygen atoms in total. The van der Waals surface area contributed by atoms with E-state index in [0.29, 0.717) is 23.4 Å². The maximum Gasteiger partial charge on any atom is 0.259 e. The second-order valence-electron chi connectivity index (χ2n) is 7.94. The minimum atomic E-state index is -3.37. The van der Waals surface area contributed by atoms with E-state index in [0.717, 1.165) is 23.9 Å². The Morgan fingerprint density at radius 3 is 2.48 bits per heavy atom. The van der Waals surface area contributed by atoms with Crippen molar-refractivity contribution in [2.75, 3.05) is 31.9 Å². The smallest absolute Gasteiger partial charge is 0.259 e. The first-order valence-electron chi connectivity index (χ1n) is 9.95. The SMILES string of the molecule is CC(=O)N1c2ccc(-c3ccc(S(C)(=O)=O)cn3)c(OCC(=O)N(C)C)c2CCC1C. The molecule has 0 saturated heterocycles. The number of rotatable bonds is 5. The minimum absolute atomic E-state index is 0.0549. The lowest BCUT2D eigenvalue weighted by atomic mass is 9.92. The van der Waals surface area contributed by atoms with Crippen LogP contribution in [0.3, 0.4) is 0 Å². The Hall–Kier alpha value is -2.94. The molecule has 0 saturated carbocycles. The van der Waals surface area contributed by atoms with Crippen LogP contribution in [-0.4, -0.2) is 63.1 Å². The van der Waals surface area contributed by atoms with Crippen molar-refractivity contribution in [3.8, 4) is 17.0 Å². The molecule has 0 bridgehead atoms. The van der Waals surface area contributed by atoms with Crippen LogP contribution in [0.5, 0.6) is 5.75 Å². The Morgan fingerprint density at radius 1 is 1.23 bits per heavy atom. The lowest BCUT2D eigenvalue weighted by Gasteiger charge is -2.36. The van der Waals surface area contributed by atoms with E-state index < -0.39 is 9.84 Å². The standard InChI is InChI=1S/C22H27N3O5S/c1-14-6-8-18-20(25(14)15(2)26)11-9-17(22(18)30-13-21(27)24(3)4)19-10-7-16(12-23-19)31(5,28)29/h7,9-12,14H,6,8,13H2,1-5H3. The number of nitrogens with zero attached hydrogens (tertiary/aromatic N) is 3. The lowest BCUT2D eigenvalue weighted by molar-refractivity contribution is -0.130. The van der Waals surface area contributed by atoms with Crippen LogP contribution in [-0.2, 0) is 25.8 Å². The molecule has 0 spiro atoms. The summed E-state index contributed by atoms with van der Waals surface area (Å²) in [7, 11) is -0.0673. The van der Waals surface area contributed by atoms with Gasteiger partial charge in [-0.1, -0.05) is 0 Å². The molecule has 0 aliphatic carbocycles. The van der Waals surface area contributed by atoms with Gasteiger partial charge in [0.05, 0.1) is 16.3 Å². The van der Waals surface area contributed by atoms with Gasteiger partial charge in [-0.15, -0.1) is 0 Å². The summed E-state index contributed by atoms with van der Waals surface area (Å²) in [6.07, 6.45) is 3.87. The number of aromatic nitrogens is 1. The summed E-state index contributed by atoms with van der Waals surface area (Å²) in [5.41, 5.74) is 2.76. The Morgan fingerprint density at radius 2 is 1.94 bits per heavy atom. The van der Waals surface area contributed by atoms with Gasteiger partial charge in [-0.3, -0.25) is 14.6 Å². The quantitative estimate of drug-likeness (QED) is 0.701. The number of sulfone groups is 1. The van der Waals surface area contributed by atoms with Crippen molar-refractivity contribution in [1.82, 2.24) is 9.88 Å². The molecular weight excluding hydrogens is 418 g/mol. The summed E-state index contributed by atoms with van der Waals surface area (Å²) >= 11 is 0. The monoisotopic (exact) mass is 445 g/mol. The fraction of sp³-hybridized carbons (Fsp3) is 0.409. The largest absolute Gasteiger partial charge is 0.483 e. The summed E-state index contributed by atoms with van der Waals surface area (Å²) < 4.78 is 29.5. The van der Waals surface area contributed by atoms with Crippen LogP contribution in [0.2, 0.25) is 0 Å². The average Bonchev–Trinajstić information content (AvgIpc) is 2.70. The second-order valence-corrected chi connectivity index (χ2v) is 9.96. The summed E-state index contributed by atoms with van der Waals surface area (Å²) in [6.45, 7) is 3.37. The Bertz CT molecular complexity index is 1110. The van der Waals surface area contributed by atoms with Crippen molar-refractivity contribution in [2.45, 2.75) is 37.6 Å². The first-order valence-corrected chi connectivity index (χ1v) is 11.8. The molecule has 0 fully saturated rings. The molecule has 1 atom stereocenters. The predicted molar refractivity (Wildman–Crippen MR) is 118 cm³/mol. The van der Waals surface area contributed by atoms with Crippen molar-refractivity contribution in [3.05, 3.63) is 36.0 Å². The molecule has 2 amide bonds. The van der Waals surface area contributed by atoms with Gasteiger partial charge in [0.2, 0.25) is 5.91 Å². The number of hydrogen-bond donors (Lipinski definition) is 0. The van der Waals surface area contributed by atoms with E-state index in [-0.39, 0.29) is 29.4 Å². The molecule has 31 heavy (non-hydrogen) atoms. The van der Waals surface area contributed by atoms with E-state index in [1.807, 2.05) is 13.0 Å². The minimum Gasteiger partial charge on any atom is -0.483 e. The fourth-order valence-corrected chi connectivity index (χ4v) is 4.23. The van der Waals surface area contributed by atoms with Gasteiger partial charge in [0.1, 0.15) is 5.75 Å². The van der Waals surface area contributed by atoms with Gasteiger partial charge in [0.15, 0.2) is 16.4 Å². The Kier molecular flexibility index (Phi) is 6.35. The van der Waals surface area contributed by atoms with Gasteiger partial charge in [-0.05, 0) is 44.0 Å². The third-order valence-corrected chi connectivity index (χ3v) is 6.46. The van der Waals surface area contributed by atoms with E-state index >= 15 is 0 Å². The molecule has 9 heteroatoms. The molecule has 1 aromatic carbocycles. The first-order chi connectivity index (χ1) is 14.5. The number of carbonyl (C=O) groups excluding carboxylic acids is 2. The second kappa shape index (κ2) is 8.66. The summed E-state index contributed by atoms with van der Waals surface area (Å²) in [5, 5.41) is 0. The van der Waals surface area contributed by atoms with Crippen LogP contribution < -0.4 is 9.64 Å². The topological polar surface area (TPSA) is 96.9 Å². The first kappa shape index (κ1) is 22.7.